The highest BCUT2D eigenvalue weighted by molar-refractivity contribution is 5.90. The van der Waals surface area contributed by atoms with Gasteiger partial charge in [0.2, 0.25) is 11.8 Å². The van der Waals surface area contributed by atoms with Gasteiger partial charge >= 0.3 is 0 Å². The number of amides is 1. The van der Waals surface area contributed by atoms with Crippen molar-refractivity contribution in [2.75, 3.05) is 10.6 Å². The summed E-state index contributed by atoms with van der Waals surface area (Å²) in [4.78, 5) is 15.5. The Hall–Kier alpha value is -2.37. The lowest BCUT2D eigenvalue weighted by Crippen LogP contribution is -2.08. The summed E-state index contributed by atoms with van der Waals surface area (Å²) in [6, 6.07) is 5.79. The molecule has 0 bridgehead atoms. The second-order valence-corrected chi connectivity index (χ2v) is 5.77. The summed E-state index contributed by atoms with van der Waals surface area (Å²) in [5.74, 6) is 1.69. The Labute approximate surface area is 130 Å². The first-order valence-electron chi connectivity index (χ1n) is 7.37. The van der Waals surface area contributed by atoms with Crippen molar-refractivity contribution < 1.29 is 9.32 Å². The number of nitrogens with zero attached hydrogens (tertiary/aromatic N) is 2. The number of rotatable bonds is 6. The SMILES string of the molecule is CC(=O)Nc1cc(NCc2nc(CC(C)C)no2)ccc1C. The molecule has 0 aliphatic carbocycles. The number of benzene rings is 1. The van der Waals surface area contributed by atoms with E-state index in [4.69, 9.17) is 4.52 Å². The predicted octanol–water partition coefficient (Wildman–Crippen LogP) is 3.15. The average molecular weight is 302 g/mol. The zero-order valence-electron chi connectivity index (χ0n) is 13.4. The molecule has 0 unspecified atom stereocenters. The number of carbonyl (C=O) groups is 1. The second-order valence-electron chi connectivity index (χ2n) is 5.77. The van der Waals surface area contributed by atoms with Gasteiger partial charge in [0.25, 0.3) is 0 Å². The molecule has 0 atom stereocenters. The number of aromatic nitrogens is 2. The van der Waals surface area contributed by atoms with Gasteiger partial charge in [-0.2, -0.15) is 4.98 Å². The molecule has 0 aliphatic rings. The van der Waals surface area contributed by atoms with E-state index < -0.39 is 0 Å². The summed E-state index contributed by atoms with van der Waals surface area (Å²) in [7, 11) is 0. The van der Waals surface area contributed by atoms with Gasteiger partial charge in [0.05, 0.1) is 6.54 Å². The number of hydrogen-bond donors (Lipinski definition) is 2. The summed E-state index contributed by atoms with van der Waals surface area (Å²) in [6.07, 6.45) is 0.806. The highest BCUT2D eigenvalue weighted by Gasteiger charge is 2.08. The summed E-state index contributed by atoms with van der Waals surface area (Å²) < 4.78 is 5.21. The van der Waals surface area contributed by atoms with Crippen LogP contribution in [0.3, 0.4) is 0 Å². The number of anilines is 2. The molecule has 0 spiro atoms. The van der Waals surface area contributed by atoms with E-state index in [1.807, 2.05) is 25.1 Å². The van der Waals surface area contributed by atoms with Crippen LogP contribution in [-0.2, 0) is 17.8 Å². The Morgan fingerprint density at radius 1 is 1.36 bits per heavy atom. The van der Waals surface area contributed by atoms with Crippen molar-refractivity contribution in [1.82, 2.24) is 10.1 Å². The summed E-state index contributed by atoms with van der Waals surface area (Å²) in [5, 5.41) is 9.98. The lowest BCUT2D eigenvalue weighted by atomic mass is 10.1. The fourth-order valence-corrected chi connectivity index (χ4v) is 2.04. The lowest BCUT2D eigenvalue weighted by Gasteiger charge is -2.10. The van der Waals surface area contributed by atoms with Crippen molar-refractivity contribution >= 4 is 17.3 Å². The largest absolute Gasteiger partial charge is 0.376 e. The third-order valence-corrected chi connectivity index (χ3v) is 3.09. The minimum atomic E-state index is -0.0875. The number of aryl methyl sites for hydroxylation is 1. The van der Waals surface area contributed by atoms with E-state index in [2.05, 4.69) is 34.6 Å². The zero-order valence-corrected chi connectivity index (χ0v) is 13.4. The Morgan fingerprint density at radius 3 is 2.82 bits per heavy atom. The summed E-state index contributed by atoms with van der Waals surface area (Å²) >= 11 is 0. The van der Waals surface area contributed by atoms with E-state index in [1.54, 1.807) is 0 Å². The molecule has 1 aromatic carbocycles. The minimum absolute atomic E-state index is 0.0875. The molecular formula is C16H22N4O2. The lowest BCUT2D eigenvalue weighted by molar-refractivity contribution is -0.114. The van der Waals surface area contributed by atoms with Gasteiger partial charge in [0.1, 0.15) is 0 Å². The maximum atomic E-state index is 11.2. The van der Waals surface area contributed by atoms with Crippen LogP contribution < -0.4 is 10.6 Å². The highest BCUT2D eigenvalue weighted by Crippen LogP contribution is 2.20. The topological polar surface area (TPSA) is 80.0 Å². The fourth-order valence-electron chi connectivity index (χ4n) is 2.04. The normalized spacial score (nSPS) is 10.8. The van der Waals surface area contributed by atoms with Crippen LogP contribution in [0.25, 0.3) is 0 Å². The van der Waals surface area contributed by atoms with Gasteiger partial charge in [-0.25, -0.2) is 0 Å². The molecule has 2 aromatic rings. The van der Waals surface area contributed by atoms with Crippen molar-refractivity contribution in [3.8, 4) is 0 Å². The molecule has 6 heteroatoms. The molecule has 2 N–H and O–H groups in total. The van der Waals surface area contributed by atoms with Gasteiger partial charge in [-0.15, -0.1) is 0 Å². The highest BCUT2D eigenvalue weighted by atomic mass is 16.5. The fraction of sp³-hybridized carbons (Fsp3) is 0.438. The third kappa shape index (κ3) is 4.58. The van der Waals surface area contributed by atoms with Gasteiger partial charge in [-0.1, -0.05) is 25.1 Å². The smallest absolute Gasteiger partial charge is 0.245 e. The van der Waals surface area contributed by atoms with Crippen LogP contribution in [0.1, 0.15) is 38.0 Å². The molecule has 0 aliphatic heterocycles. The van der Waals surface area contributed by atoms with E-state index in [9.17, 15) is 4.79 Å². The van der Waals surface area contributed by atoms with Gasteiger partial charge in [0, 0.05) is 24.7 Å². The standard InChI is InChI=1S/C16H22N4O2/c1-10(2)7-15-19-16(22-20-15)9-17-13-6-5-11(3)14(8-13)18-12(4)21/h5-6,8,10,17H,7,9H2,1-4H3,(H,18,21). The first-order chi connectivity index (χ1) is 10.4. The van der Waals surface area contributed by atoms with E-state index in [1.165, 1.54) is 6.92 Å². The van der Waals surface area contributed by atoms with Crippen LogP contribution in [0.2, 0.25) is 0 Å². The van der Waals surface area contributed by atoms with E-state index in [0.29, 0.717) is 18.4 Å². The van der Waals surface area contributed by atoms with Gasteiger partial charge in [-0.3, -0.25) is 4.79 Å². The Kier molecular flexibility index (Phi) is 5.14. The maximum Gasteiger partial charge on any atom is 0.245 e. The van der Waals surface area contributed by atoms with Crippen LogP contribution in [0.15, 0.2) is 22.7 Å². The molecule has 0 saturated heterocycles. The summed E-state index contributed by atoms with van der Waals surface area (Å²) in [6.45, 7) is 8.13. The molecule has 2 rings (SSSR count). The number of nitrogens with one attached hydrogen (secondary N) is 2. The van der Waals surface area contributed by atoms with Crippen LogP contribution in [0.5, 0.6) is 0 Å². The van der Waals surface area contributed by atoms with Crippen LogP contribution in [-0.4, -0.2) is 16.0 Å². The molecule has 22 heavy (non-hydrogen) atoms. The van der Waals surface area contributed by atoms with Crippen molar-refractivity contribution in [2.45, 2.75) is 40.7 Å². The van der Waals surface area contributed by atoms with Gasteiger partial charge in [-0.05, 0) is 30.5 Å². The quantitative estimate of drug-likeness (QED) is 0.857. The minimum Gasteiger partial charge on any atom is -0.376 e. The third-order valence-electron chi connectivity index (χ3n) is 3.09. The molecule has 1 aromatic heterocycles. The molecule has 1 amide bonds. The van der Waals surface area contributed by atoms with Crippen LogP contribution in [0, 0.1) is 12.8 Å². The van der Waals surface area contributed by atoms with E-state index >= 15 is 0 Å². The second kappa shape index (κ2) is 7.06. The zero-order chi connectivity index (χ0) is 16.1. The van der Waals surface area contributed by atoms with E-state index in [-0.39, 0.29) is 5.91 Å². The van der Waals surface area contributed by atoms with Crippen molar-refractivity contribution in [2.24, 2.45) is 5.92 Å². The van der Waals surface area contributed by atoms with Crippen molar-refractivity contribution in [3.05, 3.63) is 35.5 Å². The molecule has 1 heterocycles. The number of carbonyl (C=O) groups excluding carboxylic acids is 1. The van der Waals surface area contributed by atoms with Crippen molar-refractivity contribution in [3.63, 3.8) is 0 Å². The Balaban J connectivity index is 1.99. The average Bonchev–Trinajstić information content (AvgIpc) is 2.86. The molecule has 0 fully saturated rings. The van der Waals surface area contributed by atoms with Crippen LogP contribution >= 0.6 is 0 Å². The molecule has 0 radical (unpaired) electrons. The monoisotopic (exact) mass is 302 g/mol. The van der Waals surface area contributed by atoms with Gasteiger partial charge in [0.15, 0.2) is 5.82 Å². The first-order valence-corrected chi connectivity index (χ1v) is 7.37. The molecule has 118 valence electrons. The maximum absolute atomic E-state index is 11.2. The summed E-state index contributed by atoms with van der Waals surface area (Å²) in [5.41, 5.74) is 2.69. The Bertz CT molecular complexity index is 649. The van der Waals surface area contributed by atoms with Gasteiger partial charge < -0.3 is 15.2 Å². The Morgan fingerprint density at radius 2 is 2.14 bits per heavy atom. The predicted molar refractivity (Wildman–Crippen MR) is 85.6 cm³/mol. The molecule has 0 saturated carbocycles. The van der Waals surface area contributed by atoms with Crippen molar-refractivity contribution in [1.29, 1.82) is 0 Å². The molecular weight excluding hydrogens is 280 g/mol. The number of hydrogen-bond acceptors (Lipinski definition) is 5. The van der Waals surface area contributed by atoms with E-state index in [0.717, 1.165) is 29.2 Å². The molecule has 6 nitrogen and oxygen atoms in total. The van der Waals surface area contributed by atoms with Crippen LogP contribution in [0.4, 0.5) is 11.4 Å². The first kappa shape index (κ1) is 16.0.